The van der Waals surface area contributed by atoms with E-state index >= 15 is 0 Å². The number of rotatable bonds is 5. The smallest absolute Gasteiger partial charge is 0.179 e. The van der Waals surface area contributed by atoms with Gasteiger partial charge in [-0.2, -0.15) is 15.4 Å². The van der Waals surface area contributed by atoms with E-state index in [1.165, 1.54) is 0 Å². The van der Waals surface area contributed by atoms with E-state index in [2.05, 4.69) is 20.3 Å². The minimum Gasteiger partial charge on any atom is -0.493 e. The highest BCUT2D eigenvalue weighted by atomic mass is 35.5. The van der Waals surface area contributed by atoms with Crippen LogP contribution in [0.15, 0.2) is 18.3 Å². The fourth-order valence-corrected chi connectivity index (χ4v) is 3.27. The maximum absolute atomic E-state index is 10.7. The Morgan fingerprint density at radius 2 is 2.22 bits per heavy atom. The Labute approximate surface area is 139 Å². The molecule has 2 N–H and O–H groups in total. The zero-order chi connectivity index (χ0) is 16.4. The molecule has 1 aliphatic heterocycles. The van der Waals surface area contributed by atoms with Crippen molar-refractivity contribution in [1.82, 2.24) is 20.3 Å². The third-order valence-corrected chi connectivity index (χ3v) is 4.40. The quantitative estimate of drug-likeness (QED) is 0.861. The van der Waals surface area contributed by atoms with Crippen LogP contribution in [0.1, 0.15) is 17.7 Å². The highest BCUT2D eigenvalue weighted by Gasteiger charge is 2.39. The summed E-state index contributed by atoms with van der Waals surface area (Å²) in [6.07, 6.45) is 2.18. The second-order valence-corrected chi connectivity index (χ2v) is 6.07. The molecule has 23 heavy (non-hydrogen) atoms. The number of nitrogens with one attached hydrogen (secondary N) is 1. The summed E-state index contributed by atoms with van der Waals surface area (Å²) in [6.45, 7) is 1.90. The van der Waals surface area contributed by atoms with Crippen LogP contribution in [0, 0.1) is 0 Å². The van der Waals surface area contributed by atoms with Gasteiger partial charge in [0.25, 0.3) is 0 Å². The lowest BCUT2D eigenvalue weighted by atomic mass is 10.00. The number of aromatic nitrogens is 3. The lowest BCUT2D eigenvalue weighted by Crippen LogP contribution is -2.31. The molecule has 8 heteroatoms. The minimum atomic E-state index is -0.965. The summed E-state index contributed by atoms with van der Waals surface area (Å²) in [4.78, 5) is 2.15. The molecule has 124 valence electrons. The fraction of sp³-hybridized carbons (Fsp3) is 0.467. The first kappa shape index (κ1) is 16.0. The van der Waals surface area contributed by atoms with Crippen molar-refractivity contribution in [2.75, 3.05) is 27.3 Å². The molecule has 3 rings (SSSR count). The molecule has 1 aromatic carbocycles. The molecule has 0 amide bonds. The molecule has 1 fully saturated rings. The lowest BCUT2D eigenvalue weighted by molar-refractivity contribution is 0.0408. The van der Waals surface area contributed by atoms with E-state index in [1.807, 2.05) is 12.1 Å². The van der Waals surface area contributed by atoms with Gasteiger partial charge < -0.3 is 14.6 Å². The Balaban J connectivity index is 1.75. The molecule has 0 aliphatic carbocycles. The Hall–Kier alpha value is -1.83. The van der Waals surface area contributed by atoms with E-state index in [4.69, 9.17) is 21.1 Å². The minimum absolute atomic E-state index is 0.492. The van der Waals surface area contributed by atoms with Crippen LogP contribution in [0.4, 0.5) is 0 Å². The third kappa shape index (κ3) is 3.12. The summed E-state index contributed by atoms with van der Waals surface area (Å²) in [6, 6.07) is 3.76. The SMILES string of the molecule is COc1cc(CN2CC[C@](O)(c3cn[nH]n3)C2)cc(Cl)c1OC. The first-order chi connectivity index (χ1) is 11.1. The fourth-order valence-electron chi connectivity index (χ4n) is 2.96. The largest absolute Gasteiger partial charge is 0.493 e. The number of β-amino-alcohol motifs (C(OH)–C–C–N with tert-alkyl or cyclic N) is 1. The number of methoxy groups -OCH3 is 2. The van der Waals surface area contributed by atoms with Crippen molar-refractivity contribution < 1.29 is 14.6 Å². The topological polar surface area (TPSA) is 83.5 Å². The monoisotopic (exact) mass is 338 g/mol. The van der Waals surface area contributed by atoms with Gasteiger partial charge in [-0.25, -0.2) is 0 Å². The van der Waals surface area contributed by atoms with Crippen LogP contribution in [0.2, 0.25) is 5.02 Å². The van der Waals surface area contributed by atoms with Gasteiger partial charge in [0.05, 0.1) is 25.4 Å². The summed E-state index contributed by atoms with van der Waals surface area (Å²) in [7, 11) is 3.14. The van der Waals surface area contributed by atoms with Gasteiger partial charge in [-0.05, 0) is 24.1 Å². The summed E-state index contributed by atoms with van der Waals surface area (Å²) < 4.78 is 10.6. The van der Waals surface area contributed by atoms with Gasteiger partial charge in [0.2, 0.25) is 0 Å². The number of aliphatic hydroxyl groups is 1. The second-order valence-electron chi connectivity index (χ2n) is 5.66. The summed E-state index contributed by atoms with van der Waals surface area (Å²) in [5, 5.41) is 21.5. The standard InChI is InChI=1S/C15H19ClN4O3/c1-22-12-6-10(5-11(16)14(12)23-2)8-20-4-3-15(21,9-20)13-7-17-19-18-13/h5-7,21H,3-4,8-9H2,1-2H3,(H,17,18,19)/t15-/m1/s1. The van der Waals surface area contributed by atoms with Crippen LogP contribution in [0.25, 0.3) is 0 Å². The van der Waals surface area contributed by atoms with Crippen molar-refractivity contribution >= 4 is 11.6 Å². The number of aromatic amines is 1. The molecule has 1 saturated heterocycles. The van der Waals surface area contributed by atoms with E-state index in [9.17, 15) is 5.11 Å². The van der Waals surface area contributed by atoms with E-state index in [0.29, 0.717) is 41.7 Å². The molecule has 0 saturated carbocycles. The van der Waals surface area contributed by atoms with Crippen molar-refractivity contribution in [1.29, 1.82) is 0 Å². The van der Waals surface area contributed by atoms with Gasteiger partial charge in [0, 0.05) is 19.6 Å². The van der Waals surface area contributed by atoms with Crippen LogP contribution in [0.3, 0.4) is 0 Å². The van der Waals surface area contributed by atoms with Crippen LogP contribution in [0.5, 0.6) is 11.5 Å². The molecule has 0 spiro atoms. The number of nitrogens with zero attached hydrogens (tertiary/aromatic N) is 3. The number of ether oxygens (including phenoxy) is 2. The van der Waals surface area contributed by atoms with Gasteiger partial charge in [0.1, 0.15) is 11.3 Å². The van der Waals surface area contributed by atoms with Gasteiger partial charge >= 0.3 is 0 Å². The highest BCUT2D eigenvalue weighted by Crippen LogP contribution is 2.37. The Kier molecular flexibility index (Phi) is 4.43. The van der Waals surface area contributed by atoms with Crippen LogP contribution < -0.4 is 9.47 Å². The molecule has 1 atom stereocenters. The van der Waals surface area contributed by atoms with Crippen molar-refractivity contribution in [3.63, 3.8) is 0 Å². The normalized spacial score (nSPS) is 21.6. The van der Waals surface area contributed by atoms with Gasteiger partial charge in [-0.15, -0.1) is 0 Å². The maximum atomic E-state index is 10.7. The van der Waals surface area contributed by atoms with Crippen LogP contribution in [-0.4, -0.2) is 52.7 Å². The van der Waals surface area contributed by atoms with Crippen molar-refractivity contribution in [3.05, 3.63) is 34.6 Å². The summed E-state index contributed by atoms with van der Waals surface area (Å²) >= 11 is 6.24. The van der Waals surface area contributed by atoms with Gasteiger partial charge in [-0.1, -0.05) is 11.6 Å². The molecule has 0 unspecified atom stereocenters. The zero-order valence-corrected chi connectivity index (χ0v) is 13.8. The molecule has 7 nitrogen and oxygen atoms in total. The molecule has 1 aliphatic rings. The number of halogens is 1. The second kappa shape index (κ2) is 6.35. The molecule has 1 aromatic heterocycles. The van der Waals surface area contributed by atoms with Gasteiger partial charge in [-0.3, -0.25) is 4.90 Å². The average Bonchev–Trinajstić information content (AvgIpc) is 3.17. The number of H-pyrrole nitrogens is 1. The molecular formula is C15H19ClN4O3. The maximum Gasteiger partial charge on any atom is 0.179 e. The van der Waals surface area contributed by atoms with E-state index in [0.717, 1.165) is 12.1 Å². The molecular weight excluding hydrogens is 320 g/mol. The molecule has 0 radical (unpaired) electrons. The Bertz CT molecular complexity index is 680. The predicted octanol–water partition coefficient (Wildman–Crippen LogP) is 1.57. The first-order valence-corrected chi connectivity index (χ1v) is 7.65. The Morgan fingerprint density at radius 1 is 1.39 bits per heavy atom. The highest BCUT2D eigenvalue weighted by molar-refractivity contribution is 6.32. The number of hydrogen-bond acceptors (Lipinski definition) is 6. The number of likely N-dealkylation sites (tertiary alicyclic amines) is 1. The van der Waals surface area contributed by atoms with E-state index < -0.39 is 5.60 Å². The van der Waals surface area contributed by atoms with E-state index in [1.54, 1.807) is 20.4 Å². The van der Waals surface area contributed by atoms with Crippen molar-refractivity contribution in [2.45, 2.75) is 18.6 Å². The van der Waals surface area contributed by atoms with Crippen molar-refractivity contribution in [2.24, 2.45) is 0 Å². The van der Waals surface area contributed by atoms with Crippen molar-refractivity contribution in [3.8, 4) is 11.5 Å². The first-order valence-electron chi connectivity index (χ1n) is 7.27. The molecule has 2 heterocycles. The van der Waals surface area contributed by atoms with Crippen LogP contribution >= 0.6 is 11.6 Å². The zero-order valence-electron chi connectivity index (χ0n) is 13.0. The summed E-state index contributed by atoms with van der Waals surface area (Å²) in [5.41, 5.74) is 0.607. The lowest BCUT2D eigenvalue weighted by Gasteiger charge is -2.21. The van der Waals surface area contributed by atoms with Gasteiger partial charge in [0.15, 0.2) is 11.5 Å². The summed E-state index contributed by atoms with van der Waals surface area (Å²) in [5.74, 6) is 1.12. The Morgan fingerprint density at radius 3 is 2.87 bits per heavy atom. The number of hydrogen-bond donors (Lipinski definition) is 2. The van der Waals surface area contributed by atoms with Crippen LogP contribution in [-0.2, 0) is 12.1 Å². The molecule has 2 aromatic rings. The molecule has 0 bridgehead atoms. The average molecular weight is 339 g/mol. The predicted molar refractivity (Wildman–Crippen MR) is 84.7 cm³/mol. The third-order valence-electron chi connectivity index (χ3n) is 4.12. The van der Waals surface area contributed by atoms with E-state index in [-0.39, 0.29) is 0 Å². The number of benzene rings is 1.